The molecule has 114 valence electrons. The number of carboxylic acids is 1. The molecule has 5 heteroatoms. The van der Waals surface area contributed by atoms with E-state index < -0.39 is 16.8 Å². The van der Waals surface area contributed by atoms with Crippen LogP contribution in [0.15, 0.2) is 29.2 Å². The maximum Gasteiger partial charge on any atom is 0.335 e. The molecular formula is C16H20O4S. The highest BCUT2D eigenvalue weighted by Crippen LogP contribution is 2.43. The third kappa shape index (κ3) is 3.19. The summed E-state index contributed by atoms with van der Waals surface area (Å²) in [6.45, 7) is 0. The van der Waals surface area contributed by atoms with E-state index in [4.69, 9.17) is 9.84 Å². The van der Waals surface area contributed by atoms with Crippen LogP contribution >= 0.6 is 0 Å². The molecule has 2 unspecified atom stereocenters. The Hall–Kier alpha value is -1.20. The lowest BCUT2D eigenvalue weighted by atomic mass is 9.98. The van der Waals surface area contributed by atoms with Gasteiger partial charge in [-0.15, -0.1) is 0 Å². The van der Waals surface area contributed by atoms with Crippen molar-refractivity contribution in [1.29, 1.82) is 0 Å². The molecule has 1 saturated carbocycles. The van der Waals surface area contributed by atoms with Gasteiger partial charge in [-0.2, -0.15) is 0 Å². The molecule has 2 fully saturated rings. The van der Waals surface area contributed by atoms with E-state index in [-0.39, 0.29) is 17.3 Å². The third-order valence-corrected chi connectivity index (χ3v) is 5.99. The minimum atomic E-state index is -1.21. The fourth-order valence-corrected chi connectivity index (χ4v) is 4.69. The van der Waals surface area contributed by atoms with Gasteiger partial charge in [0.1, 0.15) is 0 Å². The Bertz CT molecular complexity index is 563. The average molecular weight is 308 g/mol. The van der Waals surface area contributed by atoms with Gasteiger partial charge in [0.15, 0.2) is 0 Å². The number of carbonyl (C=O) groups is 1. The predicted molar refractivity (Wildman–Crippen MR) is 80.0 cm³/mol. The Morgan fingerprint density at radius 1 is 1.33 bits per heavy atom. The fraction of sp³-hybridized carbons (Fsp3) is 0.562. The van der Waals surface area contributed by atoms with E-state index in [9.17, 15) is 9.00 Å². The van der Waals surface area contributed by atoms with E-state index in [0.29, 0.717) is 10.6 Å². The lowest BCUT2D eigenvalue weighted by molar-refractivity contribution is -0.0270. The van der Waals surface area contributed by atoms with Crippen LogP contribution in [0.3, 0.4) is 0 Å². The first-order chi connectivity index (χ1) is 10.1. The van der Waals surface area contributed by atoms with Gasteiger partial charge >= 0.3 is 5.97 Å². The lowest BCUT2D eigenvalue weighted by Crippen LogP contribution is -2.27. The zero-order chi connectivity index (χ0) is 14.9. The zero-order valence-electron chi connectivity index (χ0n) is 11.9. The summed E-state index contributed by atoms with van der Waals surface area (Å²) in [5.41, 5.74) is 0.234. The molecule has 1 aliphatic carbocycles. The summed E-state index contributed by atoms with van der Waals surface area (Å²) < 4.78 is 18.6. The third-order valence-electron chi connectivity index (χ3n) is 4.53. The van der Waals surface area contributed by atoms with Crippen molar-refractivity contribution in [2.24, 2.45) is 0 Å². The van der Waals surface area contributed by atoms with Gasteiger partial charge in [-0.3, -0.25) is 4.21 Å². The second-order valence-corrected chi connectivity index (χ2v) is 7.51. The topological polar surface area (TPSA) is 63.6 Å². The van der Waals surface area contributed by atoms with Crippen molar-refractivity contribution < 1.29 is 18.8 Å². The van der Waals surface area contributed by atoms with E-state index in [1.807, 2.05) is 0 Å². The first-order valence-electron chi connectivity index (χ1n) is 7.48. The minimum Gasteiger partial charge on any atom is -0.478 e. The molecule has 21 heavy (non-hydrogen) atoms. The summed E-state index contributed by atoms with van der Waals surface area (Å²) in [4.78, 5) is 11.5. The first-order valence-corrected chi connectivity index (χ1v) is 8.79. The maximum absolute atomic E-state index is 12.4. The van der Waals surface area contributed by atoms with Gasteiger partial charge in [0.2, 0.25) is 0 Å². The van der Waals surface area contributed by atoms with Crippen molar-refractivity contribution >= 4 is 16.8 Å². The fourth-order valence-electron chi connectivity index (χ4n) is 3.44. The molecule has 0 bridgehead atoms. The SMILES string of the molecule is O=C(O)c1cccc(S(=O)CC2CCC3(CCCC3)O2)c1. The van der Waals surface area contributed by atoms with Gasteiger partial charge in [-0.1, -0.05) is 18.9 Å². The molecule has 2 atom stereocenters. The molecule has 1 saturated heterocycles. The normalized spacial score (nSPS) is 25.2. The number of benzene rings is 1. The van der Waals surface area contributed by atoms with Crippen molar-refractivity contribution in [3.8, 4) is 0 Å². The van der Waals surface area contributed by atoms with Crippen LogP contribution in [0, 0.1) is 0 Å². The van der Waals surface area contributed by atoms with Crippen LogP contribution in [0.4, 0.5) is 0 Å². The van der Waals surface area contributed by atoms with E-state index >= 15 is 0 Å². The molecule has 1 heterocycles. The van der Waals surface area contributed by atoms with Gasteiger partial charge in [-0.05, 0) is 43.9 Å². The van der Waals surface area contributed by atoms with Gasteiger partial charge in [0.05, 0.1) is 33.8 Å². The number of hydrogen-bond acceptors (Lipinski definition) is 3. The Balaban J connectivity index is 1.64. The Labute approximate surface area is 127 Å². The monoisotopic (exact) mass is 308 g/mol. The standard InChI is InChI=1S/C16H20O4S/c17-15(18)12-4-3-5-14(10-12)21(19)11-13-6-9-16(20-13)7-1-2-8-16/h3-5,10,13H,1-2,6-9,11H2,(H,17,18). The Kier molecular flexibility index (Phi) is 4.13. The number of hydrogen-bond donors (Lipinski definition) is 1. The van der Waals surface area contributed by atoms with E-state index in [1.165, 1.54) is 25.0 Å². The first kappa shape index (κ1) is 14.7. The zero-order valence-corrected chi connectivity index (χ0v) is 12.7. The Morgan fingerprint density at radius 3 is 2.81 bits per heavy atom. The van der Waals surface area contributed by atoms with Crippen molar-refractivity contribution in [3.63, 3.8) is 0 Å². The highest BCUT2D eigenvalue weighted by atomic mass is 32.2. The van der Waals surface area contributed by atoms with Gasteiger partial charge in [-0.25, -0.2) is 4.79 Å². The summed E-state index contributed by atoms with van der Waals surface area (Å²) in [5, 5.41) is 8.99. The van der Waals surface area contributed by atoms with E-state index in [1.54, 1.807) is 12.1 Å². The van der Waals surface area contributed by atoms with Crippen molar-refractivity contribution in [1.82, 2.24) is 0 Å². The van der Waals surface area contributed by atoms with Crippen LogP contribution in [0.1, 0.15) is 48.9 Å². The van der Waals surface area contributed by atoms with Crippen LogP contribution in [-0.2, 0) is 15.5 Å². The summed E-state index contributed by atoms with van der Waals surface area (Å²) in [6, 6.07) is 6.38. The Morgan fingerprint density at radius 2 is 2.10 bits per heavy atom. The van der Waals surface area contributed by atoms with Gasteiger partial charge < -0.3 is 9.84 Å². The summed E-state index contributed by atoms with van der Waals surface area (Å²) >= 11 is 0. The molecule has 1 spiro atoms. The molecule has 1 aromatic carbocycles. The predicted octanol–water partition coefficient (Wildman–Crippen LogP) is 2.98. The molecule has 4 nitrogen and oxygen atoms in total. The molecule has 0 amide bonds. The van der Waals surface area contributed by atoms with E-state index in [0.717, 1.165) is 25.7 Å². The van der Waals surface area contributed by atoms with Gasteiger partial charge in [0, 0.05) is 4.90 Å². The molecular weight excluding hydrogens is 288 g/mol. The van der Waals surface area contributed by atoms with Crippen molar-refractivity contribution in [3.05, 3.63) is 29.8 Å². The number of carboxylic acid groups (broad SMARTS) is 1. The minimum absolute atomic E-state index is 0.0393. The smallest absolute Gasteiger partial charge is 0.335 e. The van der Waals surface area contributed by atoms with Crippen LogP contribution < -0.4 is 0 Å². The molecule has 2 aliphatic rings. The molecule has 1 aromatic rings. The van der Waals surface area contributed by atoms with Crippen LogP contribution in [0.25, 0.3) is 0 Å². The second-order valence-electron chi connectivity index (χ2n) is 6.01. The quantitative estimate of drug-likeness (QED) is 0.929. The second kappa shape index (κ2) is 5.89. The summed E-state index contributed by atoms with van der Waals surface area (Å²) in [5.74, 6) is -0.527. The van der Waals surface area contributed by atoms with Crippen LogP contribution in [0.2, 0.25) is 0 Å². The van der Waals surface area contributed by atoms with Gasteiger partial charge in [0.25, 0.3) is 0 Å². The lowest BCUT2D eigenvalue weighted by Gasteiger charge is -2.23. The number of rotatable bonds is 4. The molecule has 0 aromatic heterocycles. The van der Waals surface area contributed by atoms with Crippen molar-refractivity contribution in [2.45, 2.75) is 55.1 Å². The van der Waals surface area contributed by atoms with Crippen molar-refractivity contribution in [2.75, 3.05) is 5.75 Å². The largest absolute Gasteiger partial charge is 0.478 e. The number of ether oxygens (including phenoxy) is 1. The van der Waals surface area contributed by atoms with E-state index in [2.05, 4.69) is 0 Å². The summed E-state index contributed by atoms with van der Waals surface area (Å²) in [6.07, 6.45) is 6.80. The summed E-state index contributed by atoms with van der Waals surface area (Å²) in [7, 11) is -1.21. The average Bonchev–Trinajstić information content (AvgIpc) is 3.09. The highest BCUT2D eigenvalue weighted by molar-refractivity contribution is 7.85. The molecule has 0 radical (unpaired) electrons. The molecule has 3 rings (SSSR count). The molecule has 1 aliphatic heterocycles. The van der Waals surface area contributed by atoms with Crippen LogP contribution in [-0.4, -0.2) is 32.7 Å². The highest BCUT2D eigenvalue weighted by Gasteiger charge is 2.42. The number of aromatic carboxylic acids is 1. The maximum atomic E-state index is 12.4. The van der Waals surface area contributed by atoms with Crippen LogP contribution in [0.5, 0.6) is 0 Å². The molecule has 1 N–H and O–H groups in total.